The summed E-state index contributed by atoms with van der Waals surface area (Å²) in [6, 6.07) is 14.2. The third-order valence-corrected chi connectivity index (χ3v) is 4.25. The van der Waals surface area contributed by atoms with Gasteiger partial charge in [0.15, 0.2) is 0 Å². The molecule has 30 heavy (non-hydrogen) atoms. The number of carbonyl (C=O) groups is 1. The summed E-state index contributed by atoms with van der Waals surface area (Å²) in [7, 11) is 1.50. The van der Waals surface area contributed by atoms with Crippen LogP contribution < -0.4 is 15.6 Å². The Labute approximate surface area is 173 Å². The molecule has 0 aliphatic heterocycles. The molecule has 0 saturated carbocycles. The number of nitrogens with zero attached hydrogens (tertiary/aromatic N) is 3. The Hall–Kier alpha value is -3.96. The Morgan fingerprint density at radius 3 is 2.73 bits per heavy atom. The van der Waals surface area contributed by atoms with Gasteiger partial charge in [0.1, 0.15) is 28.6 Å². The van der Waals surface area contributed by atoms with Crippen LogP contribution in [0.4, 0.5) is 0 Å². The summed E-state index contributed by atoms with van der Waals surface area (Å²) in [6.45, 7) is 2.36. The van der Waals surface area contributed by atoms with Crippen LogP contribution in [0.3, 0.4) is 0 Å². The third-order valence-electron chi connectivity index (χ3n) is 4.25. The van der Waals surface area contributed by atoms with Gasteiger partial charge in [-0.1, -0.05) is 24.3 Å². The Balaban J connectivity index is 2.14. The van der Waals surface area contributed by atoms with Crippen LogP contribution in [0.25, 0.3) is 11.7 Å². The topological polar surface area (TPSA) is 106 Å². The van der Waals surface area contributed by atoms with Crippen LogP contribution in [-0.4, -0.2) is 35.6 Å². The average Bonchev–Trinajstić information content (AvgIpc) is 2.75. The summed E-state index contributed by atoms with van der Waals surface area (Å²) < 4.78 is 12.1. The molecule has 0 radical (unpaired) electrons. The monoisotopic (exact) mass is 404 g/mol. The summed E-state index contributed by atoms with van der Waals surface area (Å²) in [5.41, 5.74) is 0.512. The maximum atomic E-state index is 13.2. The second kappa shape index (κ2) is 9.49. The van der Waals surface area contributed by atoms with E-state index in [0.717, 1.165) is 5.56 Å². The summed E-state index contributed by atoms with van der Waals surface area (Å²) >= 11 is 0. The van der Waals surface area contributed by atoms with Gasteiger partial charge >= 0.3 is 0 Å². The number of hydrogen-bond donors (Lipinski definition) is 1. The number of pyridine rings is 1. The molecule has 0 spiro atoms. The van der Waals surface area contributed by atoms with E-state index in [9.17, 15) is 14.9 Å². The lowest BCUT2D eigenvalue weighted by molar-refractivity contribution is -0.117. The van der Waals surface area contributed by atoms with Gasteiger partial charge in [0.05, 0.1) is 6.61 Å². The Kier molecular flexibility index (Phi) is 6.57. The van der Waals surface area contributed by atoms with E-state index in [1.54, 1.807) is 36.5 Å². The van der Waals surface area contributed by atoms with Crippen LogP contribution in [0.1, 0.15) is 11.1 Å². The number of ether oxygens (including phenoxy) is 2. The van der Waals surface area contributed by atoms with Crippen molar-refractivity contribution in [3.8, 4) is 17.7 Å². The second-order valence-electron chi connectivity index (χ2n) is 6.35. The minimum Gasteiger partial charge on any atom is -0.438 e. The quantitative estimate of drug-likeness (QED) is 0.368. The van der Waals surface area contributed by atoms with Crippen LogP contribution in [0, 0.1) is 18.3 Å². The van der Waals surface area contributed by atoms with Crippen molar-refractivity contribution in [3.05, 3.63) is 75.7 Å². The van der Waals surface area contributed by atoms with E-state index in [1.807, 2.05) is 25.1 Å². The van der Waals surface area contributed by atoms with Gasteiger partial charge in [-0.3, -0.25) is 14.0 Å². The fourth-order valence-corrected chi connectivity index (χ4v) is 2.75. The van der Waals surface area contributed by atoms with Crippen LogP contribution in [0.5, 0.6) is 11.6 Å². The largest absolute Gasteiger partial charge is 0.438 e. The standard InChI is InChI=1S/C22H20N4O4/c1-15-7-6-11-26-19(15)25-21(30-17-8-4-3-5-9-17)18(22(26)28)13-16(14-23)20(27)24-10-12-29-2/h3-9,11,13H,10,12H2,1-2H3,(H,24,27). The number of nitrogens with one attached hydrogen (secondary N) is 1. The predicted molar refractivity (Wildman–Crippen MR) is 111 cm³/mol. The van der Waals surface area contributed by atoms with Gasteiger partial charge in [-0.15, -0.1) is 0 Å². The van der Waals surface area contributed by atoms with Crippen molar-refractivity contribution in [3.63, 3.8) is 0 Å². The number of fused-ring (bicyclic) bond motifs is 1. The first-order valence-electron chi connectivity index (χ1n) is 9.19. The Morgan fingerprint density at radius 1 is 1.27 bits per heavy atom. The molecule has 8 heteroatoms. The molecule has 0 saturated heterocycles. The van der Waals surface area contributed by atoms with Crippen molar-refractivity contribution in [1.29, 1.82) is 5.26 Å². The van der Waals surface area contributed by atoms with Gasteiger partial charge < -0.3 is 14.8 Å². The molecule has 8 nitrogen and oxygen atoms in total. The zero-order valence-electron chi connectivity index (χ0n) is 16.6. The van der Waals surface area contributed by atoms with Crippen LogP contribution in [0.2, 0.25) is 0 Å². The molecule has 0 bridgehead atoms. The number of amides is 1. The van der Waals surface area contributed by atoms with Crippen LogP contribution in [0.15, 0.2) is 59.0 Å². The number of methoxy groups -OCH3 is 1. The van der Waals surface area contributed by atoms with Gasteiger partial charge in [-0.2, -0.15) is 10.2 Å². The van der Waals surface area contributed by atoms with E-state index in [1.165, 1.54) is 17.6 Å². The first-order chi connectivity index (χ1) is 14.5. The van der Waals surface area contributed by atoms with Crippen molar-refractivity contribution >= 4 is 17.6 Å². The lowest BCUT2D eigenvalue weighted by Gasteiger charge is -2.11. The van der Waals surface area contributed by atoms with Crippen molar-refractivity contribution in [2.24, 2.45) is 0 Å². The maximum absolute atomic E-state index is 13.2. The number of rotatable bonds is 7. The molecule has 0 atom stereocenters. The third kappa shape index (κ3) is 4.54. The smallest absolute Gasteiger partial charge is 0.269 e. The van der Waals surface area contributed by atoms with Crippen molar-refractivity contribution in [2.75, 3.05) is 20.3 Å². The number of para-hydroxylation sites is 1. The summed E-state index contributed by atoms with van der Waals surface area (Å²) in [5.74, 6) is -0.132. The molecule has 0 unspecified atom stereocenters. The zero-order valence-corrected chi connectivity index (χ0v) is 16.6. The van der Waals surface area contributed by atoms with E-state index in [2.05, 4.69) is 10.3 Å². The van der Waals surface area contributed by atoms with Crippen LogP contribution in [-0.2, 0) is 9.53 Å². The summed E-state index contributed by atoms with van der Waals surface area (Å²) in [6.07, 6.45) is 2.77. The van der Waals surface area contributed by atoms with Crippen molar-refractivity contribution in [2.45, 2.75) is 6.92 Å². The first kappa shape index (κ1) is 20.8. The van der Waals surface area contributed by atoms with Gasteiger partial charge in [0, 0.05) is 19.9 Å². The van der Waals surface area contributed by atoms with E-state index in [0.29, 0.717) is 18.0 Å². The lowest BCUT2D eigenvalue weighted by Crippen LogP contribution is -2.28. The Morgan fingerprint density at radius 2 is 2.03 bits per heavy atom. The predicted octanol–water partition coefficient (Wildman–Crippen LogP) is 2.46. The molecule has 152 valence electrons. The molecule has 1 N–H and O–H groups in total. The zero-order chi connectivity index (χ0) is 21.5. The first-order valence-corrected chi connectivity index (χ1v) is 9.19. The normalized spacial score (nSPS) is 11.2. The molecule has 3 rings (SSSR count). The van der Waals surface area contributed by atoms with Crippen molar-refractivity contribution < 1.29 is 14.3 Å². The number of hydrogen-bond acceptors (Lipinski definition) is 6. The van der Waals surface area contributed by atoms with Crippen LogP contribution >= 0.6 is 0 Å². The molecule has 0 aliphatic carbocycles. The highest BCUT2D eigenvalue weighted by molar-refractivity contribution is 6.01. The van der Waals surface area contributed by atoms with Gasteiger partial charge in [0.25, 0.3) is 11.5 Å². The SMILES string of the molecule is COCCNC(=O)C(C#N)=Cc1c(Oc2ccccc2)nc2c(C)cccn2c1=O. The molecule has 0 aliphatic rings. The van der Waals surface area contributed by atoms with E-state index in [-0.39, 0.29) is 23.6 Å². The summed E-state index contributed by atoms with van der Waals surface area (Å²) in [4.78, 5) is 30.0. The van der Waals surface area contributed by atoms with E-state index >= 15 is 0 Å². The highest BCUT2D eigenvalue weighted by atomic mass is 16.5. The van der Waals surface area contributed by atoms with Gasteiger partial charge in [-0.25, -0.2) is 0 Å². The summed E-state index contributed by atoms with van der Waals surface area (Å²) in [5, 5.41) is 12.0. The fraction of sp³-hybridized carbons (Fsp3) is 0.182. The van der Waals surface area contributed by atoms with E-state index < -0.39 is 11.5 Å². The molecule has 1 aromatic carbocycles. The fourth-order valence-electron chi connectivity index (χ4n) is 2.75. The number of benzene rings is 1. The van der Waals surface area contributed by atoms with E-state index in [4.69, 9.17) is 9.47 Å². The highest BCUT2D eigenvalue weighted by Crippen LogP contribution is 2.24. The number of aromatic nitrogens is 2. The Bertz CT molecular complexity index is 1190. The number of nitriles is 1. The molecule has 3 aromatic rings. The van der Waals surface area contributed by atoms with Gasteiger partial charge in [-0.05, 0) is 36.8 Å². The number of aryl methyl sites for hydroxylation is 1. The molecular formula is C22H20N4O4. The minimum absolute atomic E-state index is 0.000365. The molecule has 1 amide bonds. The second-order valence-corrected chi connectivity index (χ2v) is 6.35. The highest BCUT2D eigenvalue weighted by Gasteiger charge is 2.17. The molecule has 0 fully saturated rings. The maximum Gasteiger partial charge on any atom is 0.269 e. The van der Waals surface area contributed by atoms with Gasteiger partial charge in [0.2, 0.25) is 5.88 Å². The lowest BCUT2D eigenvalue weighted by atomic mass is 10.1. The average molecular weight is 404 g/mol. The molecule has 2 aromatic heterocycles. The molecule has 2 heterocycles. The van der Waals surface area contributed by atoms with Crippen molar-refractivity contribution in [1.82, 2.24) is 14.7 Å². The number of carbonyl (C=O) groups excluding carboxylic acids is 1. The minimum atomic E-state index is -0.617. The molecular weight excluding hydrogens is 384 g/mol.